The van der Waals surface area contributed by atoms with Crippen LogP contribution in [0.15, 0.2) is 59.1 Å². The van der Waals surface area contributed by atoms with Gasteiger partial charge in [-0.15, -0.1) is 0 Å². The smallest absolute Gasteiger partial charge is 0.323 e. The van der Waals surface area contributed by atoms with Crippen molar-refractivity contribution in [3.63, 3.8) is 0 Å². The van der Waals surface area contributed by atoms with Crippen molar-refractivity contribution in [3.05, 3.63) is 59.1 Å². The van der Waals surface area contributed by atoms with E-state index in [0.717, 1.165) is 26.5 Å². The van der Waals surface area contributed by atoms with E-state index in [0.29, 0.717) is 5.82 Å². The summed E-state index contributed by atoms with van der Waals surface area (Å²) < 4.78 is 0.982. The van der Waals surface area contributed by atoms with Crippen molar-refractivity contribution in [2.45, 2.75) is 0 Å². The quantitative estimate of drug-likeness (QED) is 0.748. The molecular formula is C18H15BrN2O2. The molecule has 0 aliphatic rings. The van der Waals surface area contributed by atoms with Crippen LogP contribution in [0.3, 0.4) is 0 Å². The first-order valence-electron chi connectivity index (χ1n) is 7.13. The number of nitrogens with zero attached hydrogens (tertiary/aromatic N) is 2. The summed E-state index contributed by atoms with van der Waals surface area (Å²) >= 11 is 3.50. The Balaban J connectivity index is 2.22. The number of aromatic nitrogens is 1. The third-order valence-electron chi connectivity index (χ3n) is 3.61. The van der Waals surface area contributed by atoms with Gasteiger partial charge in [0.05, 0.1) is 5.52 Å². The zero-order valence-corrected chi connectivity index (χ0v) is 14.1. The molecule has 2 aromatic carbocycles. The lowest BCUT2D eigenvalue weighted by molar-refractivity contribution is -0.135. The number of pyridine rings is 1. The van der Waals surface area contributed by atoms with Crippen molar-refractivity contribution in [1.82, 2.24) is 4.98 Å². The third-order valence-corrected chi connectivity index (χ3v) is 4.10. The number of halogens is 1. The van der Waals surface area contributed by atoms with E-state index in [4.69, 9.17) is 5.11 Å². The van der Waals surface area contributed by atoms with Gasteiger partial charge in [-0.2, -0.15) is 0 Å². The van der Waals surface area contributed by atoms with E-state index in [2.05, 4.69) is 20.9 Å². The van der Waals surface area contributed by atoms with Crippen molar-refractivity contribution >= 4 is 38.6 Å². The highest BCUT2D eigenvalue weighted by atomic mass is 79.9. The van der Waals surface area contributed by atoms with Gasteiger partial charge in [-0.3, -0.25) is 4.79 Å². The monoisotopic (exact) mass is 370 g/mol. The third kappa shape index (κ3) is 3.35. The number of rotatable bonds is 4. The van der Waals surface area contributed by atoms with Gasteiger partial charge in [-0.1, -0.05) is 46.3 Å². The SMILES string of the molecule is CN(CC(=O)O)c1cc(-c2ccccc2)c2cc(Br)ccc2n1. The van der Waals surface area contributed by atoms with Crippen LogP contribution in [-0.4, -0.2) is 29.7 Å². The average molecular weight is 371 g/mol. The molecular weight excluding hydrogens is 356 g/mol. The lowest BCUT2D eigenvalue weighted by atomic mass is 10.0. The molecule has 0 saturated heterocycles. The summed E-state index contributed by atoms with van der Waals surface area (Å²) in [4.78, 5) is 17.2. The number of fused-ring (bicyclic) bond motifs is 1. The number of carboxylic acid groups (broad SMARTS) is 1. The molecule has 0 amide bonds. The average Bonchev–Trinajstić information content (AvgIpc) is 2.54. The zero-order chi connectivity index (χ0) is 16.4. The van der Waals surface area contributed by atoms with Crippen LogP contribution in [0, 0.1) is 0 Å². The molecule has 0 spiro atoms. The van der Waals surface area contributed by atoms with E-state index >= 15 is 0 Å². The summed E-state index contributed by atoms with van der Waals surface area (Å²) in [6.45, 7) is -0.0940. The van der Waals surface area contributed by atoms with Crippen molar-refractivity contribution in [2.24, 2.45) is 0 Å². The van der Waals surface area contributed by atoms with E-state index < -0.39 is 5.97 Å². The Hall–Kier alpha value is -2.40. The second-order valence-electron chi connectivity index (χ2n) is 5.31. The number of carbonyl (C=O) groups is 1. The van der Waals surface area contributed by atoms with Gasteiger partial charge >= 0.3 is 5.97 Å². The van der Waals surface area contributed by atoms with Gasteiger partial charge in [-0.25, -0.2) is 4.98 Å². The van der Waals surface area contributed by atoms with Gasteiger partial charge in [0.25, 0.3) is 0 Å². The summed E-state index contributed by atoms with van der Waals surface area (Å²) in [6.07, 6.45) is 0. The molecule has 0 bridgehead atoms. The molecule has 0 aliphatic heterocycles. The first-order chi connectivity index (χ1) is 11.0. The molecule has 0 atom stereocenters. The number of hydrogen-bond acceptors (Lipinski definition) is 3. The predicted molar refractivity (Wildman–Crippen MR) is 95.8 cm³/mol. The summed E-state index contributed by atoms with van der Waals surface area (Å²) in [5.41, 5.74) is 2.94. The minimum absolute atomic E-state index is 0.0940. The van der Waals surface area contributed by atoms with Crippen LogP contribution in [0.1, 0.15) is 0 Å². The maximum absolute atomic E-state index is 11.0. The van der Waals surface area contributed by atoms with Crippen LogP contribution in [-0.2, 0) is 4.79 Å². The Bertz CT molecular complexity index is 866. The van der Waals surface area contributed by atoms with Gasteiger partial charge in [-0.05, 0) is 35.4 Å². The molecule has 0 fully saturated rings. The van der Waals surface area contributed by atoms with E-state index in [1.807, 2.05) is 54.6 Å². The van der Waals surface area contributed by atoms with Crippen LogP contribution >= 0.6 is 15.9 Å². The molecule has 4 nitrogen and oxygen atoms in total. The predicted octanol–water partition coefficient (Wildman–Crippen LogP) is 4.19. The lowest BCUT2D eigenvalue weighted by Gasteiger charge is -2.18. The Morgan fingerprint density at radius 1 is 1.17 bits per heavy atom. The van der Waals surface area contributed by atoms with Crippen molar-refractivity contribution < 1.29 is 9.90 Å². The Kier molecular flexibility index (Phi) is 4.30. The highest BCUT2D eigenvalue weighted by Crippen LogP contribution is 2.32. The Labute approximate surface area is 142 Å². The zero-order valence-electron chi connectivity index (χ0n) is 12.5. The standard InChI is InChI=1S/C18H15BrN2O2/c1-21(11-18(22)23)17-10-14(12-5-3-2-4-6-12)15-9-13(19)7-8-16(15)20-17/h2-10H,11H2,1H3,(H,22,23). The minimum atomic E-state index is -0.883. The topological polar surface area (TPSA) is 53.4 Å². The van der Waals surface area contributed by atoms with Gasteiger partial charge in [0.2, 0.25) is 0 Å². The summed E-state index contributed by atoms with van der Waals surface area (Å²) in [5.74, 6) is -0.243. The number of likely N-dealkylation sites (N-methyl/N-ethyl adjacent to an activating group) is 1. The largest absolute Gasteiger partial charge is 0.480 e. The lowest BCUT2D eigenvalue weighted by Crippen LogP contribution is -2.25. The Morgan fingerprint density at radius 3 is 2.61 bits per heavy atom. The van der Waals surface area contributed by atoms with E-state index in [9.17, 15) is 4.79 Å². The first kappa shape index (κ1) is 15.5. The van der Waals surface area contributed by atoms with Crippen LogP contribution in [0.25, 0.3) is 22.0 Å². The van der Waals surface area contributed by atoms with E-state index in [-0.39, 0.29) is 6.54 Å². The van der Waals surface area contributed by atoms with Crippen LogP contribution < -0.4 is 4.90 Å². The van der Waals surface area contributed by atoms with Crippen molar-refractivity contribution in [2.75, 3.05) is 18.5 Å². The fourth-order valence-corrected chi connectivity index (χ4v) is 2.88. The molecule has 3 aromatic rings. The summed E-state index contributed by atoms with van der Waals surface area (Å²) in [7, 11) is 1.73. The maximum Gasteiger partial charge on any atom is 0.323 e. The van der Waals surface area contributed by atoms with Crippen LogP contribution in [0.4, 0.5) is 5.82 Å². The van der Waals surface area contributed by atoms with Crippen molar-refractivity contribution in [3.8, 4) is 11.1 Å². The summed E-state index contributed by atoms with van der Waals surface area (Å²) in [6, 6.07) is 17.9. The molecule has 3 rings (SSSR count). The number of aliphatic carboxylic acids is 1. The molecule has 1 heterocycles. The van der Waals surface area contributed by atoms with Crippen LogP contribution in [0.5, 0.6) is 0 Å². The molecule has 5 heteroatoms. The highest BCUT2D eigenvalue weighted by molar-refractivity contribution is 9.10. The normalized spacial score (nSPS) is 10.7. The molecule has 0 saturated carbocycles. The molecule has 0 aliphatic carbocycles. The van der Waals surface area contributed by atoms with Gasteiger partial charge in [0.1, 0.15) is 12.4 Å². The van der Waals surface area contributed by atoms with Crippen LogP contribution in [0.2, 0.25) is 0 Å². The number of carboxylic acids is 1. The second kappa shape index (κ2) is 6.38. The molecule has 1 aromatic heterocycles. The van der Waals surface area contributed by atoms with Gasteiger partial charge in [0.15, 0.2) is 0 Å². The molecule has 0 unspecified atom stereocenters. The molecule has 1 N–H and O–H groups in total. The Morgan fingerprint density at radius 2 is 1.91 bits per heavy atom. The van der Waals surface area contributed by atoms with E-state index in [1.165, 1.54) is 0 Å². The van der Waals surface area contributed by atoms with Gasteiger partial charge in [0, 0.05) is 16.9 Å². The maximum atomic E-state index is 11.0. The first-order valence-corrected chi connectivity index (χ1v) is 7.92. The fourth-order valence-electron chi connectivity index (χ4n) is 2.52. The molecule has 0 radical (unpaired) electrons. The summed E-state index contributed by atoms with van der Waals surface area (Å²) in [5, 5.41) is 10.0. The number of anilines is 1. The second-order valence-corrected chi connectivity index (χ2v) is 6.22. The van der Waals surface area contributed by atoms with E-state index in [1.54, 1.807) is 11.9 Å². The molecule has 116 valence electrons. The number of benzene rings is 2. The van der Waals surface area contributed by atoms with Crippen molar-refractivity contribution in [1.29, 1.82) is 0 Å². The number of hydrogen-bond donors (Lipinski definition) is 1. The fraction of sp³-hybridized carbons (Fsp3) is 0.111. The minimum Gasteiger partial charge on any atom is -0.480 e. The molecule has 23 heavy (non-hydrogen) atoms. The van der Waals surface area contributed by atoms with Gasteiger partial charge < -0.3 is 10.0 Å². The highest BCUT2D eigenvalue weighted by Gasteiger charge is 2.13.